The number of amides is 3. The Morgan fingerprint density at radius 2 is 1.85 bits per heavy atom. The molecule has 2 atom stereocenters. The summed E-state index contributed by atoms with van der Waals surface area (Å²) in [5, 5.41) is 2.96. The summed E-state index contributed by atoms with van der Waals surface area (Å²) in [6.45, 7) is 12.3. The molecular weight excluding hydrogens is 420 g/mol. The number of hydrogen-bond donors (Lipinski definition) is 1. The highest BCUT2D eigenvalue weighted by atomic mass is 16.5. The fourth-order valence-corrected chi connectivity index (χ4v) is 4.45. The molecule has 0 spiro atoms. The highest BCUT2D eigenvalue weighted by Gasteiger charge is 2.38. The molecule has 3 rings (SSSR count). The normalized spacial score (nSPS) is 22.0. The molecule has 0 saturated carbocycles. The van der Waals surface area contributed by atoms with Gasteiger partial charge in [0.1, 0.15) is 0 Å². The van der Waals surface area contributed by atoms with Gasteiger partial charge in [0.25, 0.3) is 0 Å². The molecule has 180 valence electrons. The third kappa shape index (κ3) is 5.38. The summed E-state index contributed by atoms with van der Waals surface area (Å²) >= 11 is 0. The smallest absolute Gasteiger partial charge is 0.338 e. The number of carbonyl (C=O) groups is 3. The van der Waals surface area contributed by atoms with Crippen LogP contribution in [0.25, 0.3) is 0 Å². The summed E-state index contributed by atoms with van der Waals surface area (Å²) in [7, 11) is 1.68. The average molecular weight is 457 g/mol. The maximum absolute atomic E-state index is 13.1. The van der Waals surface area contributed by atoms with Gasteiger partial charge in [0.15, 0.2) is 0 Å². The Morgan fingerprint density at radius 1 is 1.18 bits per heavy atom. The number of esters is 1. The second-order valence-electron chi connectivity index (χ2n) is 9.20. The first-order chi connectivity index (χ1) is 15.6. The number of aryl methyl sites for hydroxylation is 1. The maximum Gasteiger partial charge on any atom is 0.338 e. The van der Waals surface area contributed by atoms with Crippen molar-refractivity contribution in [3.05, 3.63) is 46.7 Å². The van der Waals surface area contributed by atoms with Gasteiger partial charge in [-0.25, -0.2) is 9.59 Å². The van der Waals surface area contributed by atoms with E-state index in [1.54, 1.807) is 14.0 Å². The number of ether oxygens (including phenoxy) is 1. The number of piperazine rings is 1. The molecule has 1 N–H and O–H groups in total. The average Bonchev–Trinajstić information content (AvgIpc) is 2.77. The van der Waals surface area contributed by atoms with E-state index < -0.39 is 12.0 Å². The molecule has 0 aromatic heterocycles. The van der Waals surface area contributed by atoms with Crippen molar-refractivity contribution in [3.8, 4) is 0 Å². The molecule has 2 aliphatic heterocycles. The molecule has 1 saturated heterocycles. The van der Waals surface area contributed by atoms with Crippen molar-refractivity contribution < 1.29 is 19.1 Å². The van der Waals surface area contributed by atoms with Gasteiger partial charge in [0.05, 0.1) is 18.2 Å². The molecule has 33 heavy (non-hydrogen) atoms. The standard InChI is InChI=1S/C25H36N4O4/c1-7-33-24(31)21-20(15-28-12-13-29(18(5)14-28)23(30)16(2)3)27(6)25(32)26-22(21)19-10-8-17(4)9-11-19/h8-11,16,18,22H,7,12-15H2,1-6H3,(H,26,32). The number of urea groups is 1. The van der Waals surface area contributed by atoms with E-state index in [2.05, 4.69) is 10.2 Å². The molecule has 2 aliphatic rings. The molecule has 0 aliphatic carbocycles. The first-order valence-corrected chi connectivity index (χ1v) is 11.7. The van der Waals surface area contributed by atoms with Crippen LogP contribution in [0.2, 0.25) is 0 Å². The molecule has 0 bridgehead atoms. The van der Waals surface area contributed by atoms with Crippen LogP contribution in [0.1, 0.15) is 44.9 Å². The Labute approximate surface area is 196 Å². The zero-order valence-electron chi connectivity index (χ0n) is 20.6. The summed E-state index contributed by atoms with van der Waals surface area (Å²) in [5.41, 5.74) is 3.03. The van der Waals surface area contributed by atoms with E-state index in [1.165, 1.54) is 4.90 Å². The Bertz CT molecular complexity index is 925. The van der Waals surface area contributed by atoms with E-state index >= 15 is 0 Å². The predicted octanol–water partition coefficient (Wildman–Crippen LogP) is 2.70. The van der Waals surface area contributed by atoms with Gasteiger partial charge >= 0.3 is 12.0 Å². The number of nitrogens with one attached hydrogen (secondary N) is 1. The van der Waals surface area contributed by atoms with Crippen molar-refractivity contribution in [2.45, 2.75) is 46.7 Å². The monoisotopic (exact) mass is 456 g/mol. The summed E-state index contributed by atoms with van der Waals surface area (Å²) in [6.07, 6.45) is 0. The minimum atomic E-state index is -0.579. The minimum absolute atomic E-state index is 0.0411. The molecule has 8 nitrogen and oxygen atoms in total. The van der Waals surface area contributed by atoms with Crippen LogP contribution >= 0.6 is 0 Å². The van der Waals surface area contributed by atoms with Gasteiger partial charge in [-0.1, -0.05) is 43.7 Å². The lowest BCUT2D eigenvalue weighted by molar-refractivity contribution is -0.139. The lowest BCUT2D eigenvalue weighted by Crippen LogP contribution is -2.56. The fraction of sp³-hybridized carbons (Fsp3) is 0.560. The largest absolute Gasteiger partial charge is 0.463 e. The molecule has 1 aromatic rings. The predicted molar refractivity (Wildman–Crippen MR) is 126 cm³/mol. The number of carbonyl (C=O) groups excluding carboxylic acids is 3. The molecular formula is C25H36N4O4. The van der Waals surface area contributed by atoms with Crippen LogP contribution in [-0.2, 0) is 14.3 Å². The Morgan fingerprint density at radius 3 is 2.42 bits per heavy atom. The second-order valence-corrected chi connectivity index (χ2v) is 9.20. The summed E-state index contributed by atoms with van der Waals surface area (Å²) in [4.78, 5) is 44.1. The minimum Gasteiger partial charge on any atom is -0.463 e. The topological polar surface area (TPSA) is 82.2 Å². The van der Waals surface area contributed by atoms with Gasteiger partial charge in [0, 0.05) is 50.9 Å². The summed E-state index contributed by atoms with van der Waals surface area (Å²) in [5.74, 6) is -0.311. The van der Waals surface area contributed by atoms with Crippen LogP contribution in [-0.4, -0.2) is 78.5 Å². The molecule has 8 heteroatoms. The molecule has 3 amide bonds. The highest BCUT2D eigenvalue weighted by Crippen LogP contribution is 2.32. The van der Waals surface area contributed by atoms with E-state index in [-0.39, 0.29) is 30.5 Å². The van der Waals surface area contributed by atoms with Crippen LogP contribution in [0.15, 0.2) is 35.5 Å². The first kappa shape index (κ1) is 24.8. The van der Waals surface area contributed by atoms with E-state index in [9.17, 15) is 14.4 Å². The van der Waals surface area contributed by atoms with E-state index in [4.69, 9.17) is 4.74 Å². The quantitative estimate of drug-likeness (QED) is 0.666. The van der Waals surface area contributed by atoms with Crippen molar-refractivity contribution in [2.75, 3.05) is 39.8 Å². The molecule has 1 fully saturated rings. The van der Waals surface area contributed by atoms with Gasteiger partial charge in [-0.15, -0.1) is 0 Å². The van der Waals surface area contributed by atoms with Crippen LogP contribution in [0.4, 0.5) is 4.79 Å². The van der Waals surface area contributed by atoms with Crippen molar-refractivity contribution in [2.24, 2.45) is 5.92 Å². The van der Waals surface area contributed by atoms with Gasteiger partial charge in [-0.3, -0.25) is 14.6 Å². The lowest BCUT2D eigenvalue weighted by atomic mass is 9.93. The number of likely N-dealkylation sites (N-methyl/N-ethyl adjacent to an activating group) is 1. The van der Waals surface area contributed by atoms with Crippen LogP contribution in [0.5, 0.6) is 0 Å². The van der Waals surface area contributed by atoms with Crippen LogP contribution in [0, 0.1) is 12.8 Å². The van der Waals surface area contributed by atoms with Gasteiger partial charge in [-0.05, 0) is 26.3 Å². The summed E-state index contributed by atoms with van der Waals surface area (Å²) < 4.78 is 5.41. The van der Waals surface area contributed by atoms with Crippen LogP contribution < -0.4 is 5.32 Å². The Kier molecular flexibility index (Phi) is 7.79. The highest BCUT2D eigenvalue weighted by molar-refractivity contribution is 5.95. The number of rotatable bonds is 6. The maximum atomic E-state index is 13.1. The van der Waals surface area contributed by atoms with Gasteiger partial charge in [0.2, 0.25) is 5.91 Å². The number of nitrogens with zero attached hydrogens (tertiary/aromatic N) is 3. The zero-order chi connectivity index (χ0) is 24.3. The van der Waals surface area contributed by atoms with E-state index in [1.807, 2.05) is 56.9 Å². The zero-order valence-corrected chi connectivity index (χ0v) is 20.6. The van der Waals surface area contributed by atoms with Crippen molar-refractivity contribution in [1.82, 2.24) is 20.0 Å². The number of benzene rings is 1. The van der Waals surface area contributed by atoms with Gasteiger partial charge < -0.3 is 15.0 Å². The van der Waals surface area contributed by atoms with E-state index in [0.29, 0.717) is 37.4 Å². The van der Waals surface area contributed by atoms with Crippen molar-refractivity contribution in [3.63, 3.8) is 0 Å². The lowest BCUT2D eigenvalue weighted by Gasteiger charge is -2.42. The van der Waals surface area contributed by atoms with Crippen LogP contribution in [0.3, 0.4) is 0 Å². The third-order valence-electron chi connectivity index (χ3n) is 6.34. The SMILES string of the molecule is CCOC(=O)C1=C(CN2CCN(C(=O)C(C)C)C(C)C2)N(C)C(=O)NC1c1ccc(C)cc1. The second kappa shape index (κ2) is 10.4. The van der Waals surface area contributed by atoms with Crippen molar-refractivity contribution in [1.29, 1.82) is 0 Å². The first-order valence-electron chi connectivity index (χ1n) is 11.7. The van der Waals surface area contributed by atoms with E-state index in [0.717, 1.165) is 11.1 Å². The fourth-order valence-electron chi connectivity index (χ4n) is 4.45. The summed E-state index contributed by atoms with van der Waals surface area (Å²) in [6, 6.07) is 7.01. The number of hydrogen-bond acceptors (Lipinski definition) is 5. The molecule has 2 unspecified atom stereocenters. The Hall–Kier alpha value is -2.87. The Balaban J connectivity index is 1.93. The van der Waals surface area contributed by atoms with Gasteiger partial charge in [-0.2, -0.15) is 0 Å². The van der Waals surface area contributed by atoms with Crippen molar-refractivity contribution >= 4 is 17.9 Å². The molecule has 0 radical (unpaired) electrons. The third-order valence-corrected chi connectivity index (χ3v) is 6.34. The molecule has 1 aromatic carbocycles. The molecule has 2 heterocycles.